The van der Waals surface area contributed by atoms with E-state index in [-0.39, 0.29) is 5.97 Å². The van der Waals surface area contributed by atoms with Gasteiger partial charge in [0.05, 0.1) is 13.7 Å². The molecule has 1 saturated heterocycles. The standard InChI is InChI=1S/C10H20N2O2/c1-11(2)7-9-5-4-6-12(9)8-10(13)14-3/h9H,4-8H2,1-3H3. The Balaban J connectivity index is 2.38. The van der Waals surface area contributed by atoms with Gasteiger partial charge in [0.25, 0.3) is 0 Å². The maximum Gasteiger partial charge on any atom is 0.319 e. The number of rotatable bonds is 4. The smallest absolute Gasteiger partial charge is 0.319 e. The number of methoxy groups -OCH3 is 1. The van der Waals surface area contributed by atoms with Gasteiger partial charge in [-0.3, -0.25) is 9.69 Å². The van der Waals surface area contributed by atoms with Crippen LogP contribution >= 0.6 is 0 Å². The molecule has 82 valence electrons. The van der Waals surface area contributed by atoms with Crippen LogP contribution in [0.15, 0.2) is 0 Å². The molecule has 1 fully saturated rings. The van der Waals surface area contributed by atoms with Gasteiger partial charge < -0.3 is 9.64 Å². The van der Waals surface area contributed by atoms with Crippen LogP contribution in [0.3, 0.4) is 0 Å². The molecule has 1 aliphatic heterocycles. The molecule has 0 spiro atoms. The first-order valence-corrected chi connectivity index (χ1v) is 5.09. The first kappa shape index (κ1) is 11.5. The Morgan fingerprint density at radius 3 is 2.86 bits per heavy atom. The van der Waals surface area contributed by atoms with Crippen LogP contribution in [0.4, 0.5) is 0 Å². The fourth-order valence-electron chi connectivity index (χ4n) is 1.96. The molecule has 1 unspecified atom stereocenters. The summed E-state index contributed by atoms with van der Waals surface area (Å²) in [5, 5.41) is 0. The summed E-state index contributed by atoms with van der Waals surface area (Å²) >= 11 is 0. The number of likely N-dealkylation sites (tertiary alicyclic amines) is 1. The van der Waals surface area contributed by atoms with Crippen molar-refractivity contribution in [3.8, 4) is 0 Å². The van der Waals surface area contributed by atoms with Crippen LogP contribution in [0.2, 0.25) is 0 Å². The molecule has 0 aliphatic carbocycles. The first-order chi connectivity index (χ1) is 6.63. The zero-order valence-electron chi connectivity index (χ0n) is 9.32. The van der Waals surface area contributed by atoms with Crippen molar-refractivity contribution in [2.75, 3.05) is 40.8 Å². The van der Waals surface area contributed by atoms with E-state index in [1.54, 1.807) is 0 Å². The fraction of sp³-hybridized carbons (Fsp3) is 0.900. The topological polar surface area (TPSA) is 32.8 Å². The Morgan fingerprint density at radius 2 is 2.29 bits per heavy atom. The van der Waals surface area contributed by atoms with Gasteiger partial charge in [0.2, 0.25) is 0 Å². The minimum atomic E-state index is -0.129. The normalized spacial score (nSPS) is 23.0. The van der Waals surface area contributed by atoms with Crippen molar-refractivity contribution in [3.05, 3.63) is 0 Å². The first-order valence-electron chi connectivity index (χ1n) is 5.09. The minimum absolute atomic E-state index is 0.129. The average molecular weight is 200 g/mol. The lowest BCUT2D eigenvalue weighted by molar-refractivity contribution is -0.142. The van der Waals surface area contributed by atoms with E-state index in [2.05, 4.69) is 28.6 Å². The van der Waals surface area contributed by atoms with Crippen molar-refractivity contribution >= 4 is 5.97 Å². The van der Waals surface area contributed by atoms with Crippen LogP contribution in [0.5, 0.6) is 0 Å². The lowest BCUT2D eigenvalue weighted by Crippen LogP contribution is -2.40. The molecule has 0 radical (unpaired) electrons. The van der Waals surface area contributed by atoms with Crippen LogP contribution in [0.1, 0.15) is 12.8 Å². The Bertz CT molecular complexity index is 195. The highest BCUT2D eigenvalue weighted by Gasteiger charge is 2.26. The number of hydrogen-bond acceptors (Lipinski definition) is 4. The monoisotopic (exact) mass is 200 g/mol. The second-order valence-corrected chi connectivity index (χ2v) is 4.10. The third-order valence-electron chi connectivity index (χ3n) is 2.63. The number of esters is 1. The Morgan fingerprint density at radius 1 is 1.57 bits per heavy atom. The Hall–Kier alpha value is -0.610. The van der Waals surface area contributed by atoms with Gasteiger partial charge in [0.15, 0.2) is 0 Å². The van der Waals surface area contributed by atoms with Gasteiger partial charge in [-0.2, -0.15) is 0 Å². The van der Waals surface area contributed by atoms with Gasteiger partial charge in [0.1, 0.15) is 0 Å². The van der Waals surface area contributed by atoms with Crippen molar-refractivity contribution in [1.82, 2.24) is 9.80 Å². The van der Waals surface area contributed by atoms with Crippen molar-refractivity contribution < 1.29 is 9.53 Å². The summed E-state index contributed by atoms with van der Waals surface area (Å²) < 4.78 is 4.67. The maximum absolute atomic E-state index is 11.1. The average Bonchev–Trinajstić information content (AvgIpc) is 2.52. The summed E-state index contributed by atoms with van der Waals surface area (Å²) in [4.78, 5) is 15.5. The van der Waals surface area contributed by atoms with Crippen LogP contribution in [-0.2, 0) is 9.53 Å². The van der Waals surface area contributed by atoms with Gasteiger partial charge >= 0.3 is 5.97 Å². The Labute approximate surface area is 85.8 Å². The third-order valence-corrected chi connectivity index (χ3v) is 2.63. The summed E-state index contributed by atoms with van der Waals surface area (Å²) in [6.45, 7) is 2.49. The van der Waals surface area contributed by atoms with E-state index in [9.17, 15) is 4.79 Å². The van der Waals surface area contributed by atoms with E-state index in [4.69, 9.17) is 0 Å². The number of hydrogen-bond donors (Lipinski definition) is 0. The highest BCUT2D eigenvalue weighted by Crippen LogP contribution is 2.17. The number of likely N-dealkylation sites (N-methyl/N-ethyl adjacent to an activating group) is 1. The quantitative estimate of drug-likeness (QED) is 0.606. The lowest BCUT2D eigenvalue weighted by atomic mass is 10.2. The summed E-state index contributed by atoms with van der Waals surface area (Å²) in [6, 6.07) is 0.518. The minimum Gasteiger partial charge on any atom is -0.468 e. The molecule has 0 N–H and O–H groups in total. The van der Waals surface area contributed by atoms with E-state index in [1.165, 1.54) is 20.0 Å². The second kappa shape index (κ2) is 5.32. The number of ether oxygens (including phenoxy) is 1. The molecule has 14 heavy (non-hydrogen) atoms. The largest absolute Gasteiger partial charge is 0.468 e. The lowest BCUT2D eigenvalue weighted by Gasteiger charge is -2.25. The molecule has 0 aromatic rings. The van der Waals surface area contributed by atoms with Crippen LogP contribution in [0, 0.1) is 0 Å². The van der Waals surface area contributed by atoms with E-state index < -0.39 is 0 Å². The predicted octanol–water partition coefficient (Wildman–Crippen LogP) is 0.185. The van der Waals surface area contributed by atoms with Crippen LogP contribution < -0.4 is 0 Å². The van der Waals surface area contributed by atoms with E-state index in [1.807, 2.05) is 0 Å². The van der Waals surface area contributed by atoms with Crippen molar-refractivity contribution in [2.24, 2.45) is 0 Å². The molecule has 0 bridgehead atoms. The molecule has 4 heteroatoms. The van der Waals surface area contributed by atoms with Crippen molar-refractivity contribution in [3.63, 3.8) is 0 Å². The Kier molecular flexibility index (Phi) is 4.35. The zero-order valence-corrected chi connectivity index (χ0v) is 9.32. The molecule has 1 atom stereocenters. The van der Waals surface area contributed by atoms with E-state index in [0.717, 1.165) is 13.1 Å². The highest BCUT2D eigenvalue weighted by molar-refractivity contribution is 5.71. The molecule has 1 aliphatic rings. The second-order valence-electron chi connectivity index (χ2n) is 4.10. The fourth-order valence-corrected chi connectivity index (χ4v) is 1.96. The number of nitrogens with zero attached hydrogens (tertiary/aromatic N) is 2. The van der Waals surface area contributed by atoms with Crippen molar-refractivity contribution in [1.29, 1.82) is 0 Å². The molecular weight excluding hydrogens is 180 g/mol. The predicted molar refractivity (Wildman–Crippen MR) is 55.2 cm³/mol. The number of carbonyl (C=O) groups is 1. The van der Waals surface area contributed by atoms with Crippen molar-refractivity contribution in [2.45, 2.75) is 18.9 Å². The van der Waals surface area contributed by atoms with E-state index >= 15 is 0 Å². The van der Waals surface area contributed by atoms with E-state index in [0.29, 0.717) is 12.6 Å². The molecule has 0 aromatic heterocycles. The summed E-state index contributed by atoms with van der Waals surface area (Å²) in [5.41, 5.74) is 0. The maximum atomic E-state index is 11.1. The molecule has 4 nitrogen and oxygen atoms in total. The SMILES string of the molecule is COC(=O)CN1CCCC1CN(C)C. The molecule has 1 heterocycles. The van der Waals surface area contributed by atoms with Gasteiger partial charge in [-0.05, 0) is 33.5 Å². The van der Waals surface area contributed by atoms with Gasteiger partial charge in [0, 0.05) is 12.6 Å². The molecule has 1 rings (SSSR count). The molecule has 0 saturated carbocycles. The van der Waals surface area contributed by atoms with Crippen LogP contribution in [0.25, 0.3) is 0 Å². The van der Waals surface area contributed by atoms with Gasteiger partial charge in [-0.25, -0.2) is 0 Å². The van der Waals surface area contributed by atoms with Gasteiger partial charge in [-0.15, -0.1) is 0 Å². The molecule has 0 amide bonds. The molecular formula is C10H20N2O2. The summed E-state index contributed by atoms with van der Waals surface area (Å²) in [5.74, 6) is -0.129. The third kappa shape index (κ3) is 3.27. The number of carbonyl (C=O) groups excluding carboxylic acids is 1. The van der Waals surface area contributed by atoms with Gasteiger partial charge in [-0.1, -0.05) is 0 Å². The molecule has 0 aromatic carbocycles. The van der Waals surface area contributed by atoms with Crippen LogP contribution in [-0.4, -0.2) is 62.7 Å². The summed E-state index contributed by atoms with van der Waals surface area (Å²) in [6.07, 6.45) is 2.38. The zero-order chi connectivity index (χ0) is 10.6. The summed E-state index contributed by atoms with van der Waals surface area (Å²) in [7, 11) is 5.57. The highest BCUT2D eigenvalue weighted by atomic mass is 16.5.